The Bertz CT molecular complexity index is 494. The number of rotatable bonds is 5. The molecule has 1 aliphatic carbocycles. The second-order valence-corrected chi connectivity index (χ2v) is 7.78. The molecule has 1 atom stereocenters. The average molecular weight is 352 g/mol. The van der Waals surface area contributed by atoms with Gasteiger partial charge in [-0.2, -0.15) is 0 Å². The number of benzene rings is 1. The molecule has 1 aromatic carbocycles. The summed E-state index contributed by atoms with van der Waals surface area (Å²) in [6, 6.07) is 8.61. The van der Waals surface area contributed by atoms with Crippen molar-refractivity contribution >= 4 is 12.4 Å². The number of hydrogen-bond donors (Lipinski definition) is 1. The van der Waals surface area contributed by atoms with Crippen LogP contribution in [0, 0.1) is 12.8 Å². The molecule has 2 aliphatic rings. The van der Waals surface area contributed by atoms with Crippen molar-refractivity contribution in [3.05, 3.63) is 35.4 Å². The van der Waals surface area contributed by atoms with Gasteiger partial charge in [-0.3, -0.25) is 0 Å². The van der Waals surface area contributed by atoms with Crippen LogP contribution in [0.3, 0.4) is 0 Å². The highest BCUT2D eigenvalue weighted by Gasteiger charge is 2.39. The molecule has 0 radical (unpaired) electrons. The lowest BCUT2D eigenvalue weighted by Gasteiger charge is -2.41. The van der Waals surface area contributed by atoms with Gasteiger partial charge in [0.1, 0.15) is 0 Å². The quantitative estimate of drug-likeness (QED) is 0.801. The molecular formula is C21H34ClNO. The second-order valence-electron chi connectivity index (χ2n) is 7.78. The number of piperidine rings is 1. The molecule has 3 heteroatoms. The van der Waals surface area contributed by atoms with E-state index in [1.54, 1.807) is 0 Å². The van der Waals surface area contributed by atoms with E-state index in [0.717, 1.165) is 18.5 Å². The smallest absolute Gasteiger partial charge is 0.0936 e. The molecule has 3 rings (SSSR count). The van der Waals surface area contributed by atoms with E-state index in [0.29, 0.717) is 5.92 Å². The van der Waals surface area contributed by atoms with Crippen molar-refractivity contribution in [2.45, 2.75) is 70.3 Å². The first kappa shape index (κ1) is 19.8. The molecule has 1 unspecified atom stereocenters. The number of aryl methyl sites for hydroxylation is 1. The SMILES string of the molecule is Cc1cccc(C(O)(CCN2CCCCC2)C2CCCCC2)c1.Cl. The van der Waals surface area contributed by atoms with Gasteiger partial charge in [-0.25, -0.2) is 0 Å². The second kappa shape index (κ2) is 9.22. The molecule has 1 N–H and O–H groups in total. The van der Waals surface area contributed by atoms with Gasteiger partial charge in [0.15, 0.2) is 0 Å². The topological polar surface area (TPSA) is 23.5 Å². The van der Waals surface area contributed by atoms with Crippen LogP contribution in [0.15, 0.2) is 24.3 Å². The molecule has 0 aromatic heterocycles. The van der Waals surface area contributed by atoms with E-state index in [-0.39, 0.29) is 12.4 Å². The third-order valence-corrected chi connectivity index (χ3v) is 6.06. The Morgan fingerprint density at radius 1 is 1.04 bits per heavy atom. The predicted molar refractivity (Wildman–Crippen MR) is 104 cm³/mol. The van der Waals surface area contributed by atoms with Crippen LogP contribution in [0.25, 0.3) is 0 Å². The minimum atomic E-state index is -0.635. The Morgan fingerprint density at radius 2 is 1.71 bits per heavy atom. The maximum Gasteiger partial charge on any atom is 0.0936 e. The highest BCUT2D eigenvalue weighted by atomic mass is 35.5. The molecule has 0 amide bonds. The first-order valence-corrected chi connectivity index (χ1v) is 9.70. The third-order valence-electron chi connectivity index (χ3n) is 6.06. The third kappa shape index (κ3) is 4.74. The van der Waals surface area contributed by atoms with E-state index < -0.39 is 5.60 Å². The number of likely N-dealkylation sites (tertiary alicyclic amines) is 1. The number of hydrogen-bond acceptors (Lipinski definition) is 2. The zero-order valence-corrected chi connectivity index (χ0v) is 16.0. The summed E-state index contributed by atoms with van der Waals surface area (Å²) < 4.78 is 0. The van der Waals surface area contributed by atoms with Crippen molar-refractivity contribution in [3.63, 3.8) is 0 Å². The standard InChI is InChI=1S/C21H33NO.ClH/c1-18-9-8-12-20(17-18)21(23,19-10-4-2-5-11-19)13-16-22-14-6-3-7-15-22;/h8-9,12,17,19,23H,2-7,10-11,13-16H2,1H3;1H. The molecule has 1 aliphatic heterocycles. The highest BCUT2D eigenvalue weighted by Crippen LogP contribution is 2.42. The van der Waals surface area contributed by atoms with Crippen LogP contribution in [0.1, 0.15) is 68.9 Å². The maximum atomic E-state index is 11.7. The fourth-order valence-corrected chi connectivity index (χ4v) is 4.59. The van der Waals surface area contributed by atoms with Gasteiger partial charge in [-0.1, -0.05) is 55.5 Å². The van der Waals surface area contributed by atoms with Gasteiger partial charge < -0.3 is 10.0 Å². The molecule has 2 nitrogen and oxygen atoms in total. The molecule has 1 saturated heterocycles. The molecule has 136 valence electrons. The maximum absolute atomic E-state index is 11.7. The van der Waals surface area contributed by atoms with Crippen LogP contribution < -0.4 is 0 Å². The van der Waals surface area contributed by atoms with E-state index in [4.69, 9.17) is 0 Å². The van der Waals surface area contributed by atoms with Crippen LogP contribution in [-0.4, -0.2) is 29.6 Å². The summed E-state index contributed by atoms with van der Waals surface area (Å²) in [5.74, 6) is 0.433. The molecule has 0 spiro atoms. The number of halogens is 1. The Kier molecular flexibility index (Phi) is 7.59. The molecule has 1 aromatic rings. The van der Waals surface area contributed by atoms with E-state index in [2.05, 4.69) is 36.1 Å². The van der Waals surface area contributed by atoms with Crippen molar-refractivity contribution < 1.29 is 5.11 Å². The summed E-state index contributed by atoms with van der Waals surface area (Å²) in [7, 11) is 0. The first-order valence-electron chi connectivity index (χ1n) is 9.70. The van der Waals surface area contributed by atoms with E-state index in [1.807, 2.05) is 0 Å². The van der Waals surface area contributed by atoms with E-state index >= 15 is 0 Å². The number of nitrogens with zero attached hydrogens (tertiary/aromatic N) is 1. The fourth-order valence-electron chi connectivity index (χ4n) is 4.59. The largest absolute Gasteiger partial charge is 0.385 e. The summed E-state index contributed by atoms with van der Waals surface area (Å²) in [5, 5.41) is 11.7. The Hall–Kier alpha value is -0.570. The molecule has 1 heterocycles. The van der Waals surface area contributed by atoms with Gasteiger partial charge in [0, 0.05) is 6.54 Å². The van der Waals surface area contributed by atoms with Crippen molar-refractivity contribution in [1.29, 1.82) is 0 Å². The lowest BCUT2D eigenvalue weighted by Crippen LogP contribution is -2.41. The van der Waals surface area contributed by atoms with Gasteiger partial charge in [0.2, 0.25) is 0 Å². The first-order chi connectivity index (χ1) is 11.2. The van der Waals surface area contributed by atoms with Crippen molar-refractivity contribution in [2.24, 2.45) is 5.92 Å². The molecule has 0 bridgehead atoms. The van der Waals surface area contributed by atoms with Crippen LogP contribution in [0.2, 0.25) is 0 Å². The normalized spacial score (nSPS) is 22.6. The minimum absolute atomic E-state index is 0. The lowest BCUT2D eigenvalue weighted by atomic mass is 9.71. The Labute approximate surface area is 154 Å². The summed E-state index contributed by atoms with van der Waals surface area (Å²) in [6.45, 7) is 5.61. The molecule has 1 saturated carbocycles. The summed E-state index contributed by atoms with van der Waals surface area (Å²) >= 11 is 0. The van der Waals surface area contributed by atoms with E-state index in [1.165, 1.54) is 70.0 Å². The summed E-state index contributed by atoms with van der Waals surface area (Å²) in [4.78, 5) is 2.56. The van der Waals surface area contributed by atoms with Crippen LogP contribution in [0.5, 0.6) is 0 Å². The molecule has 2 fully saturated rings. The van der Waals surface area contributed by atoms with Crippen LogP contribution in [-0.2, 0) is 5.60 Å². The minimum Gasteiger partial charge on any atom is -0.385 e. The van der Waals surface area contributed by atoms with Gasteiger partial charge in [-0.05, 0) is 63.6 Å². The lowest BCUT2D eigenvalue weighted by molar-refractivity contribution is -0.0529. The van der Waals surface area contributed by atoms with Crippen molar-refractivity contribution in [3.8, 4) is 0 Å². The zero-order chi connectivity index (χ0) is 16.1. The Morgan fingerprint density at radius 3 is 2.38 bits per heavy atom. The molecule has 24 heavy (non-hydrogen) atoms. The van der Waals surface area contributed by atoms with Gasteiger partial charge in [0.25, 0.3) is 0 Å². The number of aliphatic hydroxyl groups is 1. The van der Waals surface area contributed by atoms with Crippen molar-refractivity contribution in [1.82, 2.24) is 4.90 Å². The van der Waals surface area contributed by atoms with E-state index in [9.17, 15) is 5.11 Å². The summed E-state index contributed by atoms with van der Waals surface area (Å²) in [5.41, 5.74) is 1.78. The zero-order valence-electron chi connectivity index (χ0n) is 15.2. The Balaban J connectivity index is 0.00000208. The molecular weight excluding hydrogens is 318 g/mol. The predicted octanol–water partition coefficient (Wildman–Crippen LogP) is 5.06. The monoisotopic (exact) mass is 351 g/mol. The summed E-state index contributed by atoms with van der Waals surface area (Å²) in [6.07, 6.45) is 11.2. The van der Waals surface area contributed by atoms with Gasteiger partial charge in [0.05, 0.1) is 5.60 Å². The van der Waals surface area contributed by atoms with Gasteiger partial charge >= 0.3 is 0 Å². The van der Waals surface area contributed by atoms with Crippen molar-refractivity contribution in [2.75, 3.05) is 19.6 Å². The average Bonchev–Trinajstić information content (AvgIpc) is 2.61. The fraction of sp³-hybridized carbons (Fsp3) is 0.714. The highest BCUT2D eigenvalue weighted by molar-refractivity contribution is 5.85. The van der Waals surface area contributed by atoms with Gasteiger partial charge in [-0.15, -0.1) is 12.4 Å². The van der Waals surface area contributed by atoms with Crippen LogP contribution in [0.4, 0.5) is 0 Å². The van der Waals surface area contributed by atoms with Crippen LogP contribution >= 0.6 is 12.4 Å².